The molecule has 0 spiro atoms. The van der Waals surface area contributed by atoms with Crippen LogP contribution >= 0.6 is 0 Å². The number of hydrogen-bond donors (Lipinski definition) is 2. The van der Waals surface area contributed by atoms with Crippen molar-refractivity contribution in [3.63, 3.8) is 0 Å². The largest absolute Gasteiger partial charge is 0.347 e. The summed E-state index contributed by atoms with van der Waals surface area (Å²) in [5, 5.41) is 2.89. The van der Waals surface area contributed by atoms with Crippen molar-refractivity contribution in [3.8, 4) is 0 Å². The van der Waals surface area contributed by atoms with E-state index in [0.717, 1.165) is 12.2 Å². The first-order valence-corrected chi connectivity index (χ1v) is 6.18. The number of aromatic amines is 1. The van der Waals surface area contributed by atoms with E-state index >= 15 is 0 Å². The third kappa shape index (κ3) is 2.99. The zero-order chi connectivity index (χ0) is 13.8. The highest BCUT2D eigenvalue weighted by molar-refractivity contribution is 5.95. The van der Waals surface area contributed by atoms with E-state index in [1.54, 1.807) is 19.3 Å². The molecule has 100 valence electrons. The maximum absolute atomic E-state index is 13.0. The van der Waals surface area contributed by atoms with E-state index in [-0.39, 0.29) is 17.8 Å². The normalized spacial score (nSPS) is 12.2. The number of carbonyl (C=O) groups excluding carboxylic acids is 1. The van der Waals surface area contributed by atoms with Crippen molar-refractivity contribution in [2.45, 2.75) is 26.3 Å². The smallest absolute Gasteiger partial charge is 0.252 e. The van der Waals surface area contributed by atoms with Gasteiger partial charge in [-0.2, -0.15) is 0 Å². The Labute approximate surface area is 111 Å². The van der Waals surface area contributed by atoms with Gasteiger partial charge in [-0.3, -0.25) is 4.79 Å². The van der Waals surface area contributed by atoms with E-state index in [0.29, 0.717) is 11.1 Å². The minimum atomic E-state index is -0.341. The van der Waals surface area contributed by atoms with Crippen LogP contribution in [0.4, 0.5) is 4.39 Å². The standard InChI is InChI=1S/C14H16FN3O/c1-3-12(13-16-6-7-17-13)18-14(19)11-5-4-10(15)8-9(11)2/h4-8,12H,3H2,1-2H3,(H,16,17)(H,18,19). The molecule has 1 atom stereocenters. The second kappa shape index (κ2) is 5.65. The maximum atomic E-state index is 13.0. The van der Waals surface area contributed by atoms with Gasteiger partial charge in [0.25, 0.3) is 5.91 Å². The molecule has 0 radical (unpaired) electrons. The lowest BCUT2D eigenvalue weighted by Gasteiger charge is -2.15. The molecule has 0 fully saturated rings. The zero-order valence-electron chi connectivity index (χ0n) is 10.9. The van der Waals surface area contributed by atoms with E-state index in [2.05, 4.69) is 15.3 Å². The molecule has 2 N–H and O–H groups in total. The second-order valence-corrected chi connectivity index (χ2v) is 4.37. The van der Waals surface area contributed by atoms with Crippen LogP contribution in [0, 0.1) is 12.7 Å². The number of carbonyl (C=O) groups is 1. The van der Waals surface area contributed by atoms with E-state index in [1.807, 2.05) is 6.92 Å². The van der Waals surface area contributed by atoms with Crippen LogP contribution in [0.1, 0.15) is 41.1 Å². The van der Waals surface area contributed by atoms with Crippen molar-refractivity contribution in [2.75, 3.05) is 0 Å². The minimum Gasteiger partial charge on any atom is -0.347 e. The van der Waals surface area contributed by atoms with Crippen molar-refractivity contribution >= 4 is 5.91 Å². The molecule has 0 bridgehead atoms. The van der Waals surface area contributed by atoms with E-state index in [1.165, 1.54) is 18.2 Å². The fraction of sp³-hybridized carbons (Fsp3) is 0.286. The molecule has 1 aromatic heterocycles. The van der Waals surface area contributed by atoms with Crippen LogP contribution in [-0.2, 0) is 0 Å². The van der Waals surface area contributed by atoms with Crippen molar-refractivity contribution in [1.29, 1.82) is 0 Å². The Hall–Kier alpha value is -2.17. The topological polar surface area (TPSA) is 57.8 Å². The number of hydrogen-bond acceptors (Lipinski definition) is 2. The number of aryl methyl sites for hydroxylation is 1. The molecule has 0 saturated carbocycles. The second-order valence-electron chi connectivity index (χ2n) is 4.37. The van der Waals surface area contributed by atoms with Gasteiger partial charge in [0.2, 0.25) is 0 Å². The fourth-order valence-electron chi connectivity index (χ4n) is 1.95. The summed E-state index contributed by atoms with van der Waals surface area (Å²) in [7, 11) is 0. The van der Waals surface area contributed by atoms with Crippen LogP contribution in [0.3, 0.4) is 0 Å². The highest BCUT2D eigenvalue weighted by Gasteiger charge is 2.17. The molecule has 2 aromatic rings. The summed E-state index contributed by atoms with van der Waals surface area (Å²) in [6.45, 7) is 3.68. The van der Waals surface area contributed by atoms with Gasteiger partial charge in [0.15, 0.2) is 0 Å². The molecule has 0 aliphatic carbocycles. The Morgan fingerprint density at radius 1 is 1.53 bits per heavy atom. The van der Waals surface area contributed by atoms with Crippen molar-refractivity contribution < 1.29 is 9.18 Å². The van der Waals surface area contributed by atoms with E-state index in [9.17, 15) is 9.18 Å². The van der Waals surface area contributed by atoms with E-state index in [4.69, 9.17) is 0 Å². The molecule has 1 amide bonds. The Morgan fingerprint density at radius 2 is 2.32 bits per heavy atom. The van der Waals surface area contributed by atoms with Crippen LogP contribution < -0.4 is 5.32 Å². The summed E-state index contributed by atoms with van der Waals surface area (Å²) in [6.07, 6.45) is 4.08. The lowest BCUT2D eigenvalue weighted by molar-refractivity contribution is 0.0933. The Balaban J connectivity index is 2.16. The van der Waals surface area contributed by atoms with Gasteiger partial charge >= 0.3 is 0 Å². The molecule has 0 aliphatic heterocycles. The van der Waals surface area contributed by atoms with Gasteiger partial charge in [-0.15, -0.1) is 0 Å². The van der Waals surface area contributed by atoms with Crippen molar-refractivity contribution in [1.82, 2.24) is 15.3 Å². The van der Waals surface area contributed by atoms with Gasteiger partial charge in [-0.25, -0.2) is 9.37 Å². The predicted octanol–water partition coefficient (Wildman–Crippen LogP) is 2.74. The fourth-order valence-corrected chi connectivity index (χ4v) is 1.95. The Morgan fingerprint density at radius 3 is 2.89 bits per heavy atom. The van der Waals surface area contributed by atoms with E-state index < -0.39 is 0 Å². The number of amides is 1. The minimum absolute atomic E-state index is 0.174. The summed E-state index contributed by atoms with van der Waals surface area (Å²) in [5.41, 5.74) is 1.10. The van der Waals surface area contributed by atoms with Crippen LogP contribution in [-0.4, -0.2) is 15.9 Å². The van der Waals surface area contributed by atoms with Crippen LogP contribution in [0.25, 0.3) is 0 Å². The number of benzene rings is 1. The molecule has 0 saturated heterocycles. The van der Waals surface area contributed by atoms with Gasteiger partial charge in [0.05, 0.1) is 6.04 Å². The third-order valence-electron chi connectivity index (χ3n) is 3.00. The third-order valence-corrected chi connectivity index (χ3v) is 3.00. The van der Waals surface area contributed by atoms with Crippen molar-refractivity contribution in [3.05, 3.63) is 53.4 Å². The molecular formula is C14H16FN3O. The van der Waals surface area contributed by atoms with Gasteiger partial charge in [0.1, 0.15) is 11.6 Å². The first-order chi connectivity index (χ1) is 9.11. The monoisotopic (exact) mass is 261 g/mol. The summed E-state index contributed by atoms with van der Waals surface area (Å²) in [6, 6.07) is 3.96. The molecule has 2 rings (SSSR count). The quantitative estimate of drug-likeness (QED) is 0.889. The SMILES string of the molecule is CCC(NC(=O)c1ccc(F)cc1C)c1ncc[nH]1. The predicted molar refractivity (Wildman–Crippen MR) is 70.2 cm³/mol. The number of nitrogens with one attached hydrogen (secondary N) is 2. The van der Waals surface area contributed by atoms with Gasteiger partial charge in [0, 0.05) is 18.0 Å². The lowest BCUT2D eigenvalue weighted by atomic mass is 10.1. The molecule has 5 heteroatoms. The molecule has 0 aliphatic rings. The molecule has 4 nitrogen and oxygen atoms in total. The van der Waals surface area contributed by atoms with Crippen LogP contribution in [0.5, 0.6) is 0 Å². The van der Waals surface area contributed by atoms with Gasteiger partial charge in [-0.1, -0.05) is 6.92 Å². The molecule has 19 heavy (non-hydrogen) atoms. The maximum Gasteiger partial charge on any atom is 0.252 e. The highest BCUT2D eigenvalue weighted by Crippen LogP contribution is 2.15. The summed E-state index contributed by atoms with van der Waals surface area (Å²) in [5.74, 6) is 0.156. The first-order valence-electron chi connectivity index (χ1n) is 6.18. The number of nitrogens with zero attached hydrogens (tertiary/aromatic N) is 1. The number of aromatic nitrogens is 2. The first kappa shape index (κ1) is 13.3. The van der Waals surface area contributed by atoms with Crippen molar-refractivity contribution in [2.24, 2.45) is 0 Å². The summed E-state index contributed by atoms with van der Waals surface area (Å²) >= 11 is 0. The number of H-pyrrole nitrogens is 1. The van der Waals surface area contributed by atoms with Gasteiger partial charge < -0.3 is 10.3 Å². The summed E-state index contributed by atoms with van der Waals surface area (Å²) < 4.78 is 13.0. The average molecular weight is 261 g/mol. The molecular weight excluding hydrogens is 245 g/mol. The lowest BCUT2D eigenvalue weighted by Crippen LogP contribution is -2.29. The van der Waals surface area contributed by atoms with Crippen LogP contribution in [0.15, 0.2) is 30.6 Å². The van der Waals surface area contributed by atoms with Gasteiger partial charge in [-0.05, 0) is 37.1 Å². The number of rotatable bonds is 4. The average Bonchev–Trinajstić information content (AvgIpc) is 2.89. The number of imidazole rings is 1. The molecule has 1 unspecified atom stereocenters. The summed E-state index contributed by atoms with van der Waals surface area (Å²) in [4.78, 5) is 19.3. The van der Waals surface area contributed by atoms with Crippen LogP contribution in [0.2, 0.25) is 0 Å². The Kier molecular flexibility index (Phi) is 3.94. The molecule has 1 aromatic carbocycles. The zero-order valence-corrected chi connectivity index (χ0v) is 10.9. The molecule has 1 heterocycles. The Bertz CT molecular complexity index is 566. The highest BCUT2D eigenvalue weighted by atomic mass is 19.1. The number of halogens is 1.